The van der Waals surface area contributed by atoms with Crippen LogP contribution in [-0.4, -0.2) is 24.7 Å². The molecule has 2 heterocycles. The predicted molar refractivity (Wildman–Crippen MR) is 63.6 cm³/mol. The Morgan fingerprint density at radius 2 is 2.19 bits per heavy atom. The second-order valence-electron chi connectivity index (χ2n) is 5.25. The minimum atomic E-state index is -0.312. The van der Waals surface area contributed by atoms with Crippen molar-refractivity contribution in [1.29, 1.82) is 0 Å². The average molecular weight is 214 g/mol. The highest BCUT2D eigenvalue weighted by atomic mass is 16.1. The van der Waals surface area contributed by atoms with Crippen LogP contribution in [0.1, 0.15) is 42.4 Å². The summed E-state index contributed by atoms with van der Waals surface area (Å²) in [5, 5.41) is 2.71. The minimum Gasteiger partial charge on any atom is -0.358 e. The molecule has 1 atom stereocenters. The van der Waals surface area contributed by atoms with Gasteiger partial charge in [-0.05, 0) is 23.0 Å². The van der Waals surface area contributed by atoms with Gasteiger partial charge in [0.1, 0.15) is 0 Å². The number of pyridine rings is 1. The van der Waals surface area contributed by atoms with Crippen LogP contribution in [0.3, 0.4) is 0 Å². The van der Waals surface area contributed by atoms with E-state index in [4.69, 9.17) is 7.85 Å². The Balaban J connectivity index is 2.47. The van der Waals surface area contributed by atoms with Crippen LogP contribution in [0.25, 0.3) is 0 Å². The summed E-state index contributed by atoms with van der Waals surface area (Å²) < 4.78 is 0. The lowest BCUT2D eigenvalue weighted by molar-refractivity contribution is 0.0938. The quantitative estimate of drug-likeness (QED) is 0.658. The zero-order chi connectivity index (χ0) is 11.9. The van der Waals surface area contributed by atoms with Crippen LogP contribution in [0.2, 0.25) is 0 Å². The first-order chi connectivity index (χ1) is 7.38. The largest absolute Gasteiger partial charge is 0.358 e. The molecule has 0 saturated heterocycles. The predicted octanol–water partition coefficient (Wildman–Crippen LogP) is 1.16. The highest BCUT2D eigenvalue weighted by Gasteiger charge is 2.24. The minimum absolute atomic E-state index is 0.00186. The number of hydrogen-bond acceptors (Lipinski definition) is 2. The van der Waals surface area contributed by atoms with Gasteiger partial charge in [-0.1, -0.05) is 20.8 Å². The summed E-state index contributed by atoms with van der Waals surface area (Å²) in [5.41, 5.74) is 2.53. The number of hydrogen-bond donors (Lipinski definition) is 1. The molecule has 1 aromatic heterocycles. The monoisotopic (exact) mass is 214 g/mol. The highest BCUT2D eigenvalue weighted by Crippen LogP contribution is 2.24. The molecule has 1 amide bonds. The molecular formula is C12H15BN2O. The first-order valence-corrected chi connectivity index (χ1v) is 5.44. The van der Waals surface area contributed by atoms with Crippen molar-refractivity contribution >= 4 is 13.8 Å². The summed E-state index contributed by atoms with van der Waals surface area (Å²) in [7, 11) is 5.69. The molecule has 1 aromatic rings. The van der Waals surface area contributed by atoms with Gasteiger partial charge in [-0.15, -0.1) is 0 Å². The molecule has 82 valence electrons. The van der Waals surface area contributed by atoms with Crippen molar-refractivity contribution in [2.24, 2.45) is 0 Å². The van der Waals surface area contributed by atoms with E-state index in [2.05, 4.69) is 31.1 Å². The zero-order valence-corrected chi connectivity index (χ0v) is 9.87. The van der Waals surface area contributed by atoms with Crippen molar-refractivity contribution in [3.05, 3.63) is 29.1 Å². The van der Waals surface area contributed by atoms with Crippen molar-refractivity contribution in [1.82, 2.24) is 10.3 Å². The second kappa shape index (κ2) is 3.61. The standard InChI is InChI=1S/C12H15BN2O/c1-12(2,3)7-4-8-9(14-6-7)5-10(13)15-11(8)16/h4,6,10H,5H2,1-3H3,(H,15,16). The van der Waals surface area contributed by atoms with Gasteiger partial charge < -0.3 is 5.32 Å². The molecule has 2 rings (SSSR count). The topological polar surface area (TPSA) is 42.0 Å². The lowest BCUT2D eigenvalue weighted by Crippen LogP contribution is -2.42. The van der Waals surface area contributed by atoms with E-state index < -0.39 is 0 Å². The number of nitrogens with zero attached hydrogens (tertiary/aromatic N) is 1. The van der Waals surface area contributed by atoms with E-state index in [1.54, 1.807) is 0 Å². The van der Waals surface area contributed by atoms with Crippen LogP contribution in [0.15, 0.2) is 12.3 Å². The number of carbonyl (C=O) groups excluding carboxylic acids is 1. The third kappa shape index (κ3) is 1.97. The molecule has 0 spiro atoms. The average Bonchev–Trinajstić information content (AvgIpc) is 2.15. The van der Waals surface area contributed by atoms with Crippen LogP contribution in [0.5, 0.6) is 0 Å². The van der Waals surface area contributed by atoms with Crippen molar-refractivity contribution in [2.75, 3.05) is 0 Å². The molecule has 0 bridgehead atoms. The van der Waals surface area contributed by atoms with E-state index in [0.29, 0.717) is 12.0 Å². The van der Waals surface area contributed by atoms with Crippen LogP contribution < -0.4 is 5.32 Å². The first-order valence-electron chi connectivity index (χ1n) is 5.44. The van der Waals surface area contributed by atoms with E-state index in [1.807, 2.05) is 12.3 Å². The maximum atomic E-state index is 11.7. The molecular weight excluding hydrogens is 199 g/mol. The van der Waals surface area contributed by atoms with Gasteiger partial charge in [-0.3, -0.25) is 9.78 Å². The molecule has 4 heteroatoms. The van der Waals surface area contributed by atoms with Crippen molar-refractivity contribution in [3.8, 4) is 0 Å². The fraction of sp³-hybridized carbons (Fsp3) is 0.500. The third-order valence-corrected chi connectivity index (χ3v) is 2.81. The number of amides is 1. The summed E-state index contributed by atoms with van der Waals surface area (Å²) >= 11 is 0. The zero-order valence-electron chi connectivity index (χ0n) is 9.87. The number of carbonyl (C=O) groups is 1. The third-order valence-electron chi connectivity index (χ3n) is 2.81. The fourth-order valence-corrected chi connectivity index (χ4v) is 1.77. The van der Waals surface area contributed by atoms with Crippen molar-refractivity contribution < 1.29 is 4.79 Å². The Morgan fingerprint density at radius 3 is 2.81 bits per heavy atom. The molecule has 0 saturated carbocycles. The highest BCUT2D eigenvalue weighted by molar-refractivity contribution is 6.15. The van der Waals surface area contributed by atoms with E-state index in [-0.39, 0.29) is 17.3 Å². The molecule has 3 nitrogen and oxygen atoms in total. The summed E-state index contributed by atoms with van der Waals surface area (Å²) in [6.45, 7) is 6.30. The lowest BCUT2D eigenvalue weighted by Gasteiger charge is -2.25. The number of nitrogens with one attached hydrogen (secondary N) is 1. The van der Waals surface area contributed by atoms with Gasteiger partial charge in [-0.2, -0.15) is 0 Å². The first kappa shape index (κ1) is 11.2. The van der Waals surface area contributed by atoms with E-state index in [9.17, 15) is 4.79 Å². The fourth-order valence-electron chi connectivity index (χ4n) is 1.77. The molecule has 0 aromatic carbocycles. The van der Waals surface area contributed by atoms with Gasteiger partial charge in [0.2, 0.25) is 0 Å². The Morgan fingerprint density at radius 1 is 1.50 bits per heavy atom. The van der Waals surface area contributed by atoms with Crippen LogP contribution in [0.4, 0.5) is 0 Å². The molecule has 16 heavy (non-hydrogen) atoms. The maximum absolute atomic E-state index is 11.7. The molecule has 1 aliphatic heterocycles. The smallest absolute Gasteiger partial charge is 0.252 e. The van der Waals surface area contributed by atoms with Gasteiger partial charge in [0.05, 0.1) is 19.1 Å². The van der Waals surface area contributed by atoms with Gasteiger partial charge >= 0.3 is 0 Å². The van der Waals surface area contributed by atoms with Gasteiger partial charge in [0.25, 0.3) is 5.91 Å². The second-order valence-corrected chi connectivity index (χ2v) is 5.25. The molecule has 1 unspecified atom stereocenters. The molecule has 0 fully saturated rings. The van der Waals surface area contributed by atoms with Crippen LogP contribution in [-0.2, 0) is 11.8 Å². The molecule has 1 N–H and O–H groups in total. The summed E-state index contributed by atoms with van der Waals surface area (Å²) in [4.78, 5) is 16.1. The summed E-state index contributed by atoms with van der Waals surface area (Å²) in [6.07, 6.45) is 2.44. The van der Waals surface area contributed by atoms with Gasteiger partial charge in [0, 0.05) is 12.6 Å². The Kier molecular flexibility index (Phi) is 2.52. The molecule has 2 radical (unpaired) electrons. The Labute approximate surface area is 97.1 Å². The lowest BCUT2D eigenvalue weighted by atomic mass is 9.83. The van der Waals surface area contributed by atoms with E-state index in [1.165, 1.54) is 0 Å². The number of fused-ring (bicyclic) bond motifs is 1. The normalized spacial score (nSPS) is 20.2. The molecule has 0 aliphatic carbocycles. The Hall–Kier alpha value is -1.32. The van der Waals surface area contributed by atoms with Crippen LogP contribution >= 0.6 is 0 Å². The van der Waals surface area contributed by atoms with Crippen molar-refractivity contribution in [3.63, 3.8) is 0 Å². The van der Waals surface area contributed by atoms with Crippen molar-refractivity contribution in [2.45, 2.75) is 38.5 Å². The number of aromatic nitrogens is 1. The van der Waals surface area contributed by atoms with Gasteiger partial charge in [-0.25, -0.2) is 0 Å². The summed E-state index contributed by atoms with van der Waals surface area (Å²) in [5.74, 6) is -0.430. The maximum Gasteiger partial charge on any atom is 0.252 e. The molecule has 1 aliphatic rings. The Bertz CT molecular complexity index is 437. The number of rotatable bonds is 0. The summed E-state index contributed by atoms with van der Waals surface area (Å²) in [6, 6.07) is 1.92. The van der Waals surface area contributed by atoms with Gasteiger partial charge in [0.15, 0.2) is 0 Å². The van der Waals surface area contributed by atoms with E-state index >= 15 is 0 Å². The van der Waals surface area contributed by atoms with Crippen LogP contribution in [0, 0.1) is 0 Å². The SMILES string of the molecule is [B]C1Cc2ncc(C(C)(C)C)cc2C(=O)N1. The van der Waals surface area contributed by atoms with E-state index in [0.717, 1.165) is 11.3 Å².